The number of carbonyl (C=O) groups is 1. The first-order chi connectivity index (χ1) is 14.1. The summed E-state index contributed by atoms with van der Waals surface area (Å²) in [6.45, 7) is 5.57. The highest BCUT2D eigenvalue weighted by atomic mass is 19.1. The molecule has 29 heavy (non-hydrogen) atoms. The van der Waals surface area contributed by atoms with Gasteiger partial charge in [-0.15, -0.1) is 0 Å². The normalized spacial score (nSPS) is 18.8. The zero-order valence-electron chi connectivity index (χ0n) is 16.6. The molecular formula is C23H27F2N3O. The lowest BCUT2D eigenvalue weighted by atomic mass is 9.94. The lowest BCUT2D eigenvalue weighted by molar-refractivity contribution is -0.137. The lowest BCUT2D eigenvalue weighted by Gasteiger charge is -2.39. The number of halogens is 2. The third-order valence-corrected chi connectivity index (χ3v) is 6.04. The fraction of sp³-hybridized carbons (Fsp3) is 0.435. The highest BCUT2D eigenvalue weighted by Crippen LogP contribution is 2.23. The van der Waals surface area contributed by atoms with Gasteiger partial charge in [-0.25, -0.2) is 8.78 Å². The quantitative estimate of drug-likeness (QED) is 0.787. The Morgan fingerprint density at radius 2 is 1.34 bits per heavy atom. The third kappa shape index (κ3) is 4.93. The Morgan fingerprint density at radius 3 is 1.93 bits per heavy atom. The molecule has 2 fully saturated rings. The molecule has 6 heteroatoms. The van der Waals surface area contributed by atoms with Crippen molar-refractivity contribution in [2.24, 2.45) is 5.92 Å². The molecule has 0 unspecified atom stereocenters. The van der Waals surface area contributed by atoms with Crippen LogP contribution in [0.5, 0.6) is 0 Å². The number of piperidine rings is 1. The van der Waals surface area contributed by atoms with Crippen molar-refractivity contribution in [3.63, 3.8) is 0 Å². The molecule has 2 aliphatic rings. The van der Waals surface area contributed by atoms with Gasteiger partial charge in [0.15, 0.2) is 0 Å². The van der Waals surface area contributed by atoms with Gasteiger partial charge in [-0.3, -0.25) is 9.69 Å². The van der Waals surface area contributed by atoms with Crippen molar-refractivity contribution in [3.05, 3.63) is 65.7 Å². The molecule has 0 bridgehead atoms. The van der Waals surface area contributed by atoms with E-state index in [-0.39, 0.29) is 23.5 Å². The van der Waals surface area contributed by atoms with E-state index in [2.05, 4.69) is 9.80 Å². The number of likely N-dealkylation sites (tertiary alicyclic amines) is 1. The smallest absolute Gasteiger partial charge is 0.225 e. The monoisotopic (exact) mass is 399 g/mol. The summed E-state index contributed by atoms with van der Waals surface area (Å²) in [5.74, 6) is -0.0760. The molecule has 4 nitrogen and oxygen atoms in total. The zero-order valence-corrected chi connectivity index (χ0v) is 16.6. The topological polar surface area (TPSA) is 26.8 Å². The number of anilines is 1. The summed E-state index contributed by atoms with van der Waals surface area (Å²) in [5, 5.41) is 0. The van der Waals surface area contributed by atoms with Gasteiger partial charge in [-0.05, 0) is 67.9 Å². The molecule has 0 atom stereocenters. The van der Waals surface area contributed by atoms with Crippen LogP contribution in [0.4, 0.5) is 14.5 Å². The van der Waals surface area contributed by atoms with Gasteiger partial charge in [0.05, 0.1) is 0 Å². The number of nitrogens with zero attached hydrogens (tertiary/aromatic N) is 3. The SMILES string of the molecule is O=C(C1CCN(Cc2ccc(F)cc2)CC1)N1CCN(c2ccc(F)cc2)CC1. The van der Waals surface area contributed by atoms with Gasteiger partial charge in [0.25, 0.3) is 0 Å². The van der Waals surface area contributed by atoms with Crippen LogP contribution in [0.1, 0.15) is 18.4 Å². The number of hydrogen-bond donors (Lipinski definition) is 0. The predicted octanol–water partition coefficient (Wildman–Crippen LogP) is 3.53. The Bertz CT molecular complexity index is 809. The largest absolute Gasteiger partial charge is 0.368 e. The van der Waals surface area contributed by atoms with Crippen LogP contribution in [0, 0.1) is 17.6 Å². The Labute approximate surface area is 170 Å². The summed E-state index contributed by atoms with van der Waals surface area (Å²) in [4.78, 5) is 19.5. The summed E-state index contributed by atoms with van der Waals surface area (Å²) < 4.78 is 26.1. The number of amides is 1. The van der Waals surface area contributed by atoms with Crippen LogP contribution in [-0.2, 0) is 11.3 Å². The van der Waals surface area contributed by atoms with Crippen LogP contribution in [0.3, 0.4) is 0 Å². The molecule has 2 aromatic carbocycles. The van der Waals surface area contributed by atoms with Crippen molar-refractivity contribution in [2.75, 3.05) is 44.2 Å². The van der Waals surface area contributed by atoms with Crippen molar-refractivity contribution in [1.29, 1.82) is 0 Å². The second kappa shape index (κ2) is 8.91. The third-order valence-electron chi connectivity index (χ3n) is 6.04. The van der Waals surface area contributed by atoms with E-state index >= 15 is 0 Å². The van der Waals surface area contributed by atoms with Crippen molar-refractivity contribution < 1.29 is 13.6 Å². The summed E-state index contributed by atoms with van der Waals surface area (Å²) in [6.07, 6.45) is 1.75. The maximum Gasteiger partial charge on any atom is 0.225 e. The number of rotatable bonds is 4. The maximum atomic E-state index is 13.1. The number of benzene rings is 2. The molecule has 0 spiro atoms. The van der Waals surface area contributed by atoms with Gasteiger partial charge >= 0.3 is 0 Å². The summed E-state index contributed by atoms with van der Waals surface area (Å²) in [7, 11) is 0. The molecule has 4 rings (SSSR count). The number of piperazine rings is 1. The number of hydrogen-bond acceptors (Lipinski definition) is 3. The Balaban J connectivity index is 1.23. The molecule has 154 valence electrons. The minimum atomic E-state index is -0.228. The van der Waals surface area contributed by atoms with Gasteiger partial charge < -0.3 is 9.80 Å². The average Bonchev–Trinajstić information content (AvgIpc) is 2.76. The van der Waals surface area contributed by atoms with E-state index in [4.69, 9.17) is 0 Å². The zero-order chi connectivity index (χ0) is 20.2. The van der Waals surface area contributed by atoms with Crippen molar-refractivity contribution in [3.8, 4) is 0 Å². The maximum absolute atomic E-state index is 13.1. The van der Waals surface area contributed by atoms with Gasteiger partial charge in [0.2, 0.25) is 5.91 Å². The predicted molar refractivity (Wildman–Crippen MR) is 110 cm³/mol. The highest BCUT2D eigenvalue weighted by Gasteiger charge is 2.30. The Morgan fingerprint density at radius 1 is 0.793 bits per heavy atom. The van der Waals surface area contributed by atoms with Crippen molar-refractivity contribution >= 4 is 11.6 Å². The second-order valence-corrected chi connectivity index (χ2v) is 7.97. The first-order valence-corrected chi connectivity index (χ1v) is 10.3. The van der Waals surface area contributed by atoms with Crippen LogP contribution in [0.2, 0.25) is 0 Å². The van der Waals surface area contributed by atoms with E-state index in [1.54, 1.807) is 12.1 Å². The summed E-state index contributed by atoms with van der Waals surface area (Å²) in [5.41, 5.74) is 2.11. The van der Waals surface area contributed by atoms with E-state index < -0.39 is 0 Å². The fourth-order valence-electron chi connectivity index (χ4n) is 4.28. The van der Waals surface area contributed by atoms with E-state index in [0.29, 0.717) is 13.1 Å². The Kier molecular flexibility index (Phi) is 6.09. The molecule has 2 aromatic rings. The average molecular weight is 399 g/mol. The molecule has 2 aliphatic heterocycles. The summed E-state index contributed by atoms with van der Waals surface area (Å²) >= 11 is 0. The first-order valence-electron chi connectivity index (χ1n) is 10.3. The van der Waals surface area contributed by atoms with E-state index in [1.165, 1.54) is 24.3 Å². The molecule has 1 amide bonds. The van der Waals surface area contributed by atoms with Gasteiger partial charge in [0, 0.05) is 44.3 Å². The molecular weight excluding hydrogens is 372 g/mol. The molecule has 0 saturated carbocycles. The van der Waals surface area contributed by atoms with Gasteiger partial charge in [0.1, 0.15) is 11.6 Å². The van der Waals surface area contributed by atoms with Crippen LogP contribution in [-0.4, -0.2) is 55.0 Å². The molecule has 2 heterocycles. The van der Waals surface area contributed by atoms with Gasteiger partial charge in [-0.2, -0.15) is 0 Å². The van der Waals surface area contributed by atoms with Crippen LogP contribution in [0.25, 0.3) is 0 Å². The molecule has 0 radical (unpaired) electrons. The van der Waals surface area contributed by atoms with Crippen molar-refractivity contribution in [2.45, 2.75) is 19.4 Å². The molecule has 0 aromatic heterocycles. The highest BCUT2D eigenvalue weighted by molar-refractivity contribution is 5.79. The minimum absolute atomic E-state index is 0.0943. The van der Waals surface area contributed by atoms with Gasteiger partial charge in [-0.1, -0.05) is 12.1 Å². The molecule has 2 saturated heterocycles. The minimum Gasteiger partial charge on any atom is -0.368 e. The van der Waals surface area contributed by atoms with Crippen LogP contribution in [0.15, 0.2) is 48.5 Å². The van der Waals surface area contributed by atoms with Crippen LogP contribution < -0.4 is 4.90 Å². The number of carbonyl (C=O) groups excluding carboxylic acids is 1. The van der Waals surface area contributed by atoms with E-state index in [9.17, 15) is 13.6 Å². The van der Waals surface area contributed by atoms with Crippen LogP contribution >= 0.6 is 0 Å². The molecule has 0 N–H and O–H groups in total. The van der Waals surface area contributed by atoms with Crippen molar-refractivity contribution in [1.82, 2.24) is 9.80 Å². The summed E-state index contributed by atoms with van der Waals surface area (Å²) in [6, 6.07) is 13.2. The molecule has 0 aliphatic carbocycles. The second-order valence-electron chi connectivity index (χ2n) is 7.97. The first kappa shape index (κ1) is 19.8. The van der Waals surface area contributed by atoms with E-state index in [1.807, 2.05) is 17.0 Å². The standard InChI is InChI=1S/C23H27F2N3O/c24-20-3-1-18(2-4-20)17-26-11-9-19(10-12-26)23(29)28-15-13-27(14-16-28)22-7-5-21(25)6-8-22/h1-8,19H,9-17H2. The lowest BCUT2D eigenvalue weighted by Crippen LogP contribution is -2.51. The fourth-order valence-corrected chi connectivity index (χ4v) is 4.28. The van der Waals surface area contributed by atoms with E-state index in [0.717, 1.165) is 56.8 Å². The Hall–Kier alpha value is -2.47.